The van der Waals surface area contributed by atoms with Crippen LogP contribution in [0.5, 0.6) is 0 Å². The van der Waals surface area contributed by atoms with E-state index in [-0.39, 0.29) is 0 Å². The third-order valence-corrected chi connectivity index (χ3v) is 3.62. The van der Waals surface area contributed by atoms with Gasteiger partial charge in [-0.3, -0.25) is 0 Å². The molecule has 0 saturated carbocycles. The molecule has 0 saturated heterocycles. The zero-order chi connectivity index (χ0) is 12.8. The van der Waals surface area contributed by atoms with Crippen LogP contribution in [0.4, 0.5) is 0 Å². The first-order chi connectivity index (χ1) is 7.26. The van der Waals surface area contributed by atoms with Crippen LogP contribution >= 0.6 is 0 Å². The molecule has 0 bridgehead atoms. The van der Waals surface area contributed by atoms with Crippen LogP contribution in [0.15, 0.2) is 0 Å². The van der Waals surface area contributed by atoms with Gasteiger partial charge in [0.05, 0.1) is 0 Å². The van der Waals surface area contributed by atoms with Crippen LogP contribution in [0, 0.1) is 23.2 Å². The van der Waals surface area contributed by atoms with Gasteiger partial charge in [-0.1, -0.05) is 61.3 Å². The Balaban J connectivity index is 4.09. The van der Waals surface area contributed by atoms with Crippen molar-refractivity contribution in [3.05, 3.63) is 0 Å². The highest BCUT2D eigenvalue weighted by Crippen LogP contribution is 2.35. The van der Waals surface area contributed by atoms with Crippen LogP contribution in [-0.4, -0.2) is 0 Å². The van der Waals surface area contributed by atoms with Crippen LogP contribution in [0.3, 0.4) is 0 Å². The van der Waals surface area contributed by atoms with Crippen molar-refractivity contribution >= 4 is 0 Å². The van der Waals surface area contributed by atoms with Gasteiger partial charge in [-0.15, -0.1) is 0 Å². The molecule has 0 aromatic rings. The zero-order valence-corrected chi connectivity index (χ0v) is 12.8. The van der Waals surface area contributed by atoms with E-state index in [0.717, 1.165) is 17.8 Å². The van der Waals surface area contributed by atoms with Crippen molar-refractivity contribution in [2.24, 2.45) is 23.2 Å². The molecule has 0 fully saturated rings. The summed E-state index contributed by atoms with van der Waals surface area (Å²) in [5, 5.41) is 0. The van der Waals surface area contributed by atoms with E-state index in [2.05, 4.69) is 48.5 Å². The molecule has 0 nitrogen and oxygen atoms in total. The van der Waals surface area contributed by atoms with E-state index in [0.29, 0.717) is 5.41 Å². The second kappa shape index (κ2) is 7.35. The topological polar surface area (TPSA) is 0 Å². The molecular weight excluding hydrogens is 192 g/mol. The number of hydrogen-bond donors (Lipinski definition) is 0. The van der Waals surface area contributed by atoms with Gasteiger partial charge < -0.3 is 0 Å². The molecule has 0 N–H and O–H groups in total. The van der Waals surface area contributed by atoms with Gasteiger partial charge in [0.25, 0.3) is 0 Å². The molecule has 16 heavy (non-hydrogen) atoms. The van der Waals surface area contributed by atoms with Crippen LogP contribution in [0.2, 0.25) is 0 Å². The molecule has 1 atom stereocenters. The van der Waals surface area contributed by atoms with E-state index in [9.17, 15) is 0 Å². The smallest absolute Gasteiger partial charge is 0.0351 e. The Morgan fingerprint density at radius 2 is 1.50 bits per heavy atom. The molecule has 0 amide bonds. The van der Waals surface area contributed by atoms with Crippen molar-refractivity contribution < 1.29 is 0 Å². The second-order valence-corrected chi connectivity index (χ2v) is 7.20. The Bertz CT molecular complexity index is 165. The monoisotopic (exact) mass is 226 g/mol. The first kappa shape index (κ1) is 16.0. The van der Waals surface area contributed by atoms with Gasteiger partial charge >= 0.3 is 0 Å². The van der Waals surface area contributed by atoms with Crippen LogP contribution in [-0.2, 0) is 0 Å². The summed E-state index contributed by atoms with van der Waals surface area (Å²) in [4.78, 5) is 0. The summed E-state index contributed by atoms with van der Waals surface area (Å²) in [6, 6.07) is 0. The Hall–Kier alpha value is 0. The molecule has 0 rings (SSSR count). The summed E-state index contributed by atoms with van der Waals surface area (Å²) in [5.74, 6) is 2.64. The molecule has 0 aliphatic heterocycles. The van der Waals surface area contributed by atoms with Gasteiger partial charge in [0, 0.05) is 0 Å². The average molecular weight is 226 g/mol. The molecule has 98 valence electrons. The Kier molecular flexibility index (Phi) is 7.35. The Labute approximate surface area is 104 Å². The predicted octanol–water partition coefficient (Wildman–Crippen LogP) is 5.91. The number of hydrogen-bond acceptors (Lipinski definition) is 0. The molecular formula is C16H34. The molecule has 1 unspecified atom stereocenters. The van der Waals surface area contributed by atoms with Crippen LogP contribution in [0.1, 0.15) is 80.6 Å². The highest BCUT2D eigenvalue weighted by molar-refractivity contribution is 4.74. The fourth-order valence-electron chi connectivity index (χ4n) is 2.62. The third kappa shape index (κ3) is 8.19. The zero-order valence-electron chi connectivity index (χ0n) is 12.8. The standard InChI is InChI=1S/C16H34/c1-8-15(11-14(4)5)12-16(6,7)10-9-13(2)3/h13-15H,8-12H2,1-7H3. The molecule has 0 aliphatic rings. The lowest BCUT2D eigenvalue weighted by Crippen LogP contribution is -2.18. The first-order valence-electron chi connectivity index (χ1n) is 7.26. The van der Waals surface area contributed by atoms with Gasteiger partial charge in [-0.25, -0.2) is 0 Å². The molecule has 0 heteroatoms. The van der Waals surface area contributed by atoms with Crippen LogP contribution in [0.25, 0.3) is 0 Å². The summed E-state index contributed by atoms with van der Waals surface area (Å²) in [6.45, 7) is 16.6. The maximum Gasteiger partial charge on any atom is -0.0351 e. The maximum absolute atomic E-state index is 2.46. The summed E-state index contributed by atoms with van der Waals surface area (Å²) in [6.07, 6.45) is 6.93. The minimum atomic E-state index is 0.542. The van der Waals surface area contributed by atoms with E-state index in [1.807, 2.05) is 0 Å². The normalized spacial score (nSPS) is 14.8. The number of rotatable bonds is 8. The van der Waals surface area contributed by atoms with Crippen LogP contribution < -0.4 is 0 Å². The van der Waals surface area contributed by atoms with Gasteiger partial charge in [0.2, 0.25) is 0 Å². The van der Waals surface area contributed by atoms with E-state index >= 15 is 0 Å². The van der Waals surface area contributed by atoms with Gasteiger partial charge in [0.15, 0.2) is 0 Å². The fraction of sp³-hybridized carbons (Fsp3) is 1.00. The SMILES string of the molecule is CCC(CC(C)C)CC(C)(C)CCC(C)C. The van der Waals surface area contributed by atoms with Crippen molar-refractivity contribution in [3.63, 3.8) is 0 Å². The summed E-state index contributed by atoms with van der Waals surface area (Å²) >= 11 is 0. The molecule has 0 aromatic carbocycles. The summed E-state index contributed by atoms with van der Waals surface area (Å²) in [7, 11) is 0. The van der Waals surface area contributed by atoms with Crippen molar-refractivity contribution in [2.75, 3.05) is 0 Å². The Morgan fingerprint density at radius 3 is 1.88 bits per heavy atom. The lowest BCUT2D eigenvalue weighted by molar-refractivity contribution is 0.210. The summed E-state index contributed by atoms with van der Waals surface area (Å²) in [5.41, 5.74) is 0.542. The van der Waals surface area contributed by atoms with Crippen molar-refractivity contribution in [2.45, 2.75) is 80.6 Å². The average Bonchev–Trinajstić information content (AvgIpc) is 2.13. The lowest BCUT2D eigenvalue weighted by atomic mass is 9.75. The van der Waals surface area contributed by atoms with Gasteiger partial charge in [-0.05, 0) is 42.4 Å². The molecule has 0 aromatic heterocycles. The minimum absolute atomic E-state index is 0.542. The maximum atomic E-state index is 2.46. The van der Waals surface area contributed by atoms with Gasteiger partial charge in [-0.2, -0.15) is 0 Å². The second-order valence-electron chi connectivity index (χ2n) is 7.20. The quantitative estimate of drug-likeness (QED) is 0.482. The minimum Gasteiger partial charge on any atom is -0.0651 e. The molecule has 0 radical (unpaired) electrons. The predicted molar refractivity (Wildman–Crippen MR) is 75.7 cm³/mol. The lowest BCUT2D eigenvalue weighted by Gasteiger charge is -2.31. The highest BCUT2D eigenvalue weighted by Gasteiger charge is 2.23. The van der Waals surface area contributed by atoms with Crippen molar-refractivity contribution in [3.8, 4) is 0 Å². The van der Waals surface area contributed by atoms with Crippen molar-refractivity contribution in [1.82, 2.24) is 0 Å². The molecule has 0 aliphatic carbocycles. The Morgan fingerprint density at radius 1 is 0.938 bits per heavy atom. The summed E-state index contributed by atoms with van der Waals surface area (Å²) < 4.78 is 0. The third-order valence-electron chi connectivity index (χ3n) is 3.62. The fourth-order valence-corrected chi connectivity index (χ4v) is 2.62. The van der Waals surface area contributed by atoms with E-state index in [1.165, 1.54) is 32.1 Å². The largest absolute Gasteiger partial charge is 0.0651 e. The van der Waals surface area contributed by atoms with E-state index in [1.54, 1.807) is 0 Å². The van der Waals surface area contributed by atoms with E-state index < -0.39 is 0 Å². The van der Waals surface area contributed by atoms with E-state index in [4.69, 9.17) is 0 Å². The molecule has 0 heterocycles. The van der Waals surface area contributed by atoms with Crippen molar-refractivity contribution in [1.29, 1.82) is 0 Å². The van der Waals surface area contributed by atoms with Gasteiger partial charge in [0.1, 0.15) is 0 Å². The highest BCUT2D eigenvalue weighted by atomic mass is 14.3. The molecule has 0 spiro atoms. The first-order valence-corrected chi connectivity index (χ1v) is 7.26.